The Kier molecular flexibility index (Phi) is 11.4. The third-order valence-corrected chi connectivity index (χ3v) is 5.16. The number of rotatable bonds is 13. The van der Waals surface area contributed by atoms with Gasteiger partial charge in [-0.15, -0.1) is 11.3 Å². The molecule has 1 aromatic heterocycles. The second-order valence-corrected chi connectivity index (χ2v) is 7.69. The number of methoxy groups -OCH3 is 1. The third kappa shape index (κ3) is 9.75. The van der Waals surface area contributed by atoms with Crippen LogP contribution in [0.2, 0.25) is 0 Å². The van der Waals surface area contributed by atoms with E-state index in [9.17, 15) is 9.90 Å². The summed E-state index contributed by atoms with van der Waals surface area (Å²) in [7, 11) is 1.43. The number of unbranched alkanes of at least 4 members (excludes halogenated alkanes) is 5. The van der Waals surface area contributed by atoms with Crippen LogP contribution in [0.1, 0.15) is 80.3 Å². The van der Waals surface area contributed by atoms with Crippen LogP contribution in [0.15, 0.2) is 6.08 Å². The van der Waals surface area contributed by atoms with Crippen molar-refractivity contribution in [3.8, 4) is 0 Å². The van der Waals surface area contributed by atoms with Gasteiger partial charge < -0.3 is 9.84 Å². The van der Waals surface area contributed by atoms with Crippen LogP contribution in [0.4, 0.5) is 0 Å². The zero-order chi connectivity index (χ0) is 18.5. The predicted molar refractivity (Wildman–Crippen MR) is 105 cm³/mol. The number of nitrogens with zero attached hydrogens (tertiary/aromatic N) is 1. The van der Waals surface area contributed by atoms with Crippen molar-refractivity contribution >= 4 is 23.4 Å². The van der Waals surface area contributed by atoms with Crippen LogP contribution in [0, 0.1) is 6.92 Å². The van der Waals surface area contributed by atoms with Crippen molar-refractivity contribution in [1.29, 1.82) is 0 Å². The highest BCUT2D eigenvalue weighted by Gasteiger charge is 2.08. The molecule has 25 heavy (non-hydrogen) atoms. The highest BCUT2D eigenvalue weighted by Crippen LogP contribution is 2.22. The molecule has 0 aromatic carbocycles. The van der Waals surface area contributed by atoms with Gasteiger partial charge in [-0.3, -0.25) is 4.79 Å². The normalized spacial score (nSPS) is 12.6. The van der Waals surface area contributed by atoms with Crippen LogP contribution >= 0.6 is 11.3 Å². The highest BCUT2D eigenvalue weighted by molar-refractivity contribution is 7.12. The van der Waals surface area contributed by atoms with Crippen molar-refractivity contribution in [3.63, 3.8) is 0 Å². The Morgan fingerprint density at radius 3 is 2.72 bits per heavy atom. The lowest BCUT2D eigenvalue weighted by atomic mass is 10.1. The van der Waals surface area contributed by atoms with Crippen LogP contribution in [0.5, 0.6) is 0 Å². The molecule has 0 amide bonds. The van der Waals surface area contributed by atoms with Crippen molar-refractivity contribution in [2.24, 2.45) is 0 Å². The number of aryl methyl sites for hydroxylation is 2. The summed E-state index contributed by atoms with van der Waals surface area (Å²) in [5.74, 6) is -0.125. The topological polar surface area (TPSA) is 59.4 Å². The Morgan fingerprint density at radius 2 is 2.00 bits per heavy atom. The van der Waals surface area contributed by atoms with Gasteiger partial charge in [-0.25, -0.2) is 4.98 Å². The molecule has 4 nitrogen and oxygen atoms in total. The zero-order valence-electron chi connectivity index (χ0n) is 15.9. The minimum atomic E-state index is -0.361. The molecule has 1 unspecified atom stereocenters. The van der Waals surface area contributed by atoms with E-state index in [1.807, 2.05) is 19.1 Å². The number of aliphatic hydroxyl groups is 1. The van der Waals surface area contributed by atoms with Crippen LogP contribution < -0.4 is 0 Å². The van der Waals surface area contributed by atoms with E-state index < -0.39 is 0 Å². The van der Waals surface area contributed by atoms with Crippen LogP contribution in [0.25, 0.3) is 6.08 Å². The van der Waals surface area contributed by atoms with Crippen molar-refractivity contribution < 1.29 is 14.6 Å². The molecule has 0 bridgehead atoms. The second-order valence-electron chi connectivity index (χ2n) is 6.46. The zero-order valence-corrected chi connectivity index (χ0v) is 16.7. The summed E-state index contributed by atoms with van der Waals surface area (Å²) in [6.45, 7) is 4.20. The summed E-state index contributed by atoms with van der Waals surface area (Å²) >= 11 is 1.69. The SMILES string of the molecule is CCCCCC(O)C=Cc1sc(C)nc1CCCCCCC(=O)OC. The van der Waals surface area contributed by atoms with Crippen molar-refractivity contribution in [2.45, 2.75) is 84.2 Å². The largest absolute Gasteiger partial charge is 0.469 e. The van der Waals surface area contributed by atoms with Crippen molar-refractivity contribution in [2.75, 3.05) is 7.11 Å². The summed E-state index contributed by atoms with van der Waals surface area (Å²) in [6.07, 6.45) is 13.4. The molecule has 1 heterocycles. The third-order valence-electron chi connectivity index (χ3n) is 4.18. The van der Waals surface area contributed by atoms with Gasteiger partial charge in [0.2, 0.25) is 0 Å². The minimum absolute atomic E-state index is 0.125. The maximum absolute atomic E-state index is 11.1. The lowest BCUT2D eigenvalue weighted by Gasteiger charge is -2.04. The smallest absolute Gasteiger partial charge is 0.305 e. The molecule has 0 aliphatic carbocycles. The van der Waals surface area contributed by atoms with E-state index in [0.29, 0.717) is 6.42 Å². The Labute approximate surface area is 156 Å². The van der Waals surface area contributed by atoms with Gasteiger partial charge in [-0.2, -0.15) is 0 Å². The summed E-state index contributed by atoms with van der Waals surface area (Å²) in [4.78, 5) is 16.9. The molecule has 0 radical (unpaired) electrons. The van der Waals surface area contributed by atoms with Gasteiger partial charge in [-0.05, 0) is 38.7 Å². The fourth-order valence-electron chi connectivity index (χ4n) is 2.71. The van der Waals surface area contributed by atoms with Gasteiger partial charge in [0, 0.05) is 6.42 Å². The van der Waals surface area contributed by atoms with Gasteiger partial charge in [0.05, 0.1) is 28.8 Å². The molecule has 5 heteroatoms. The number of ether oxygens (including phenoxy) is 1. The van der Waals surface area contributed by atoms with E-state index in [0.717, 1.165) is 55.6 Å². The molecule has 0 saturated carbocycles. The molecule has 0 saturated heterocycles. The quantitative estimate of drug-likeness (QED) is 0.390. The number of esters is 1. The highest BCUT2D eigenvalue weighted by atomic mass is 32.1. The molecule has 1 atom stereocenters. The van der Waals surface area contributed by atoms with Gasteiger partial charge in [0.25, 0.3) is 0 Å². The molecule has 0 aliphatic heterocycles. The summed E-state index contributed by atoms with van der Waals surface area (Å²) in [5, 5.41) is 11.1. The first kappa shape index (κ1) is 21.8. The molecule has 0 spiro atoms. The van der Waals surface area contributed by atoms with Crippen LogP contribution in [0.3, 0.4) is 0 Å². The molecule has 1 rings (SSSR count). The molecule has 0 fully saturated rings. The molecular formula is C20H33NO3S. The van der Waals surface area contributed by atoms with E-state index in [-0.39, 0.29) is 12.1 Å². The van der Waals surface area contributed by atoms with E-state index >= 15 is 0 Å². The van der Waals surface area contributed by atoms with Gasteiger partial charge in [0.15, 0.2) is 0 Å². The lowest BCUT2D eigenvalue weighted by molar-refractivity contribution is -0.140. The van der Waals surface area contributed by atoms with E-state index in [4.69, 9.17) is 0 Å². The first-order valence-electron chi connectivity index (χ1n) is 9.46. The monoisotopic (exact) mass is 367 g/mol. The van der Waals surface area contributed by atoms with Crippen molar-refractivity contribution in [3.05, 3.63) is 21.7 Å². The minimum Gasteiger partial charge on any atom is -0.469 e. The Balaban J connectivity index is 2.36. The van der Waals surface area contributed by atoms with Crippen LogP contribution in [-0.2, 0) is 16.0 Å². The predicted octanol–water partition coefficient (Wildman–Crippen LogP) is 5.07. The van der Waals surface area contributed by atoms with Gasteiger partial charge in [-0.1, -0.05) is 45.1 Å². The average Bonchev–Trinajstić information content (AvgIpc) is 2.95. The number of thiazole rings is 1. The standard InChI is InChI=1S/C20H33NO3S/c1-4-5-8-11-17(22)14-15-19-18(21-16(2)25-19)12-9-6-7-10-13-20(23)24-3/h14-15,17,22H,4-13H2,1-3H3. The Morgan fingerprint density at radius 1 is 1.24 bits per heavy atom. The van der Waals surface area contributed by atoms with Gasteiger partial charge >= 0.3 is 5.97 Å². The fraction of sp³-hybridized carbons (Fsp3) is 0.700. The summed E-state index contributed by atoms with van der Waals surface area (Å²) in [6, 6.07) is 0. The summed E-state index contributed by atoms with van der Waals surface area (Å²) in [5.41, 5.74) is 1.13. The molecule has 1 N–H and O–H groups in total. The van der Waals surface area contributed by atoms with Crippen molar-refractivity contribution in [1.82, 2.24) is 4.98 Å². The Bertz CT molecular complexity index is 525. The summed E-state index contributed by atoms with van der Waals surface area (Å²) < 4.78 is 4.65. The maximum atomic E-state index is 11.1. The molecule has 0 aliphatic rings. The number of carbonyl (C=O) groups excluding carboxylic acids is 1. The maximum Gasteiger partial charge on any atom is 0.305 e. The average molecular weight is 368 g/mol. The number of aliphatic hydroxyl groups excluding tert-OH is 1. The number of aromatic nitrogens is 1. The Hall–Kier alpha value is -1.20. The number of carbonyl (C=O) groups is 1. The molecular weight excluding hydrogens is 334 g/mol. The first-order chi connectivity index (χ1) is 12.1. The fourth-order valence-corrected chi connectivity index (χ4v) is 3.60. The van der Waals surface area contributed by atoms with Crippen LogP contribution in [-0.4, -0.2) is 29.3 Å². The molecule has 142 valence electrons. The van der Waals surface area contributed by atoms with E-state index in [1.165, 1.54) is 24.8 Å². The second kappa shape index (κ2) is 13.1. The lowest BCUT2D eigenvalue weighted by Crippen LogP contribution is -2.01. The van der Waals surface area contributed by atoms with E-state index in [1.54, 1.807) is 11.3 Å². The molecule has 1 aromatic rings. The van der Waals surface area contributed by atoms with E-state index in [2.05, 4.69) is 16.6 Å². The number of hydrogen-bond donors (Lipinski definition) is 1. The van der Waals surface area contributed by atoms with Gasteiger partial charge in [0.1, 0.15) is 0 Å². The number of hydrogen-bond acceptors (Lipinski definition) is 5. The first-order valence-corrected chi connectivity index (χ1v) is 10.3.